The summed E-state index contributed by atoms with van der Waals surface area (Å²) in [4.78, 5) is 22.5. The molecule has 0 fully saturated rings. The van der Waals surface area contributed by atoms with Crippen LogP contribution in [-0.4, -0.2) is 31.5 Å². The van der Waals surface area contributed by atoms with Crippen molar-refractivity contribution >= 4 is 17.3 Å². The van der Waals surface area contributed by atoms with E-state index >= 15 is 0 Å². The normalized spacial score (nSPS) is 11.6. The zero-order valence-corrected chi connectivity index (χ0v) is 16.7. The van der Waals surface area contributed by atoms with Gasteiger partial charge in [0.1, 0.15) is 19.5 Å². The first-order chi connectivity index (χ1) is 13.9. The van der Waals surface area contributed by atoms with Gasteiger partial charge in [-0.3, -0.25) is 4.79 Å². The second-order valence-electron chi connectivity index (χ2n) is 6.09. The highest BCUT2D eigenvalue weighted by Gasteiger charge is 2.19. The van der Waals surface area contributed by atoms with Crippen molar-refractivity contribution < 1.29 is 18.9 Å². The summed E-state index contributed by atoms with van der Waals surface area (Å²) in [6, 6.07) is 9.60. The van der Waals surface area contributed by atoms with Gasteiger partial charge in [-0.25, -0.2) is 4.39 Å². The third-order valence-electron chi connectivity index (χ3n) is 4.23. The molecule has 2 aromatic rings. The average Bonchev–Trinajstić information content (AvgIpc) is 2.72. The van der Waals surface area contributed by atoms with Crippen LogP contribution in [0.4, 0.5) is 4.39 Å². The summed E-state index contributed by atoms with van der Waals surface area (Å²) in [5.41, 5.74) is 3.84. The molecule has 29 heavy (non-hydrogen) atoms. The number of oxime groups is 2. The summed E-state index contributed by atoms with van der Waals surface area (Å²) in [7, 11) is 2.88. The highest BCUT2D eigenvalue weighted by Crippen LogP contribution is 2.18. The minimum absolute atomic E-state index is 0.0889. The number of carbonyl (C=O) groups is 1. The summed E-state index contributed by atoms with van der Waals surface area (Å²) in [5.74, 6) is 1.64. The van der Waals surface area contributed by atoms with E-state index in [4.69, 9.17) is 16.1 Å². The molecule has 2 aromatic carbocycles. The number of nitrogens with one attached hydrogen (secondary N) is 1. The first kappa shape index (κ1) is 21.6. The molecule has 0 radical (unpaired) electrons. The number of terminal acetylenes is 1. The maximum Gasteiger partial charge on any atom is 0.273 e. The maximum absolute atomic E-state index is 13.4. The molecule has 2 rings (SSSR count). The summed E-state index contributed by atoms with van der Waals surface area (Å²) in [5, 5.41) is 10.5. The largest absolute Gasteiger partial charge is 0.398 e. The van der Waals surface area contributed by atoms with Crippen LogP contribution in [0.5, 0.6) is 0 Å². The van der Waals surface area contributed by atoms with Crippen LogP contribution >= 0.6 is 0 Å². The lowest BCUT2D eigenvalue weighted by atomic mass is 9.98. The summed E-state index contributed by atoms with van der Waals surface area (Å²) >= 11 is 0. The molecule has 1 amide bonds. The van der Waals surface area contributed by atoms with Gasteiger partial charge in [-0.15, -0.1) is 6.42 Å². The van der Waals surface area contributed by atoms with Gasteiger partial charge in [-0.2, -0.15) is 0 Å². The fourth-order valence-corrected chi connectivity index (χ4v) is 2.73. The number of carbonyl (C=O) groups excluding carboxylic acids is 1. The number of nitrogens with zero attached hydrogens (tertiary/aromatic N) is 2. The predicted molar refractivity (Wildman–Crippen MR) is 110 cm³/mol. The van der Waals surface area contributed by atoms with Crippen molar-refractivity contribution in [2.24, 2.45) is 10.3 Å². The number of aryl methyl sites for hydroxylation is 1. The molecule has 0 aliphatic carbocycles. The van der Waals surface area contributed by atoms with Crippen LogP contribution in [0.15, 0.2) is 46.7 Å². The molecule has 0 bridgehead atoms. The average molecular weight is 395 g/mol. The van der Waals surface area contributed by atoms with E-state index < -0.39 is 5.82 Å². The van der Waals surface area contributed by atoms with E-state index in [0.717, 1.165) is 11.1 Å². The molecule has 0 aliphatic rings. The smallest absolute Gasteiger partial charge is 0.273 e. The van der Waals surface area contributed by atoms with Crippen LogP contribution in [-0.2, 0) is 21.1 Å². The Morgan fingerprint density at radius 1 is 1.24 bits per heavy atom. The van der Waals surface area contributed by atoms with Crippen LogP contribution in [0.1, 0.15) is 34.7 Å². The number of likely N-dealkylation sites (N-methyl/N-ethyl adjacent to an activating group) is 1. The molecule has 0 heterocycles. The van der Waals surface area contributed by atoms with E-state index in [-0.39, 0.29) is 18.2 Å². The van der Waals surface area contributed by atoms with Crippen LogP contribution in [0.3, 0.4) is 0 Å². The van der Waals surface area contributed by atoms with Crippen molar-refractivity contribution in [1.29, 1.82) is 0 Å². The van der Waals surface area contributed by atoms with Gasteiger partial charge in [-0.1, -0.05) is 34.4 Å². The Labute approximate surface area is 169 Å². The molecule has 0 saturated carbocycles. The van der Waals surface area contributed by atoms with E-state index in [9.17, 15) is 9.18 Å². The molecular weight excluding hydrogens is 373 g/mol. The highest BCUT2D eigenvalue weighted by atomic mass is 19.1. The Balaban J connectivity index is 2.32. The number of hydrogen-bond acceptors (Lipinski definition) is 5. The third-order valence-corrected chi connectivity index (χ3v) is 4.23. The quantitative estimate of drug-likeness (QED) is 0.445. The minimum atomic E-state index is -0.417. The van der Waals surface area contributed by atoms with Crippen molar-refractivity contribution in [1.82, 2.24) is 5.32 Å². The summed E-state index contributed by atoms with van der Waals surface area (Å²) < 4.78 is 13.4. The van der Waals surface area contributed by atoms with E-state index in [1.54, 1.807) is 19.1 Å². The minimum Gasteiger partial charge on any atom is -0.398 e. The zero-order chi connectivity index (χ0) is 21.4. The molecular formula is C22H22FN3O3. The van der Waals surface area contributed by atoms with Gasteiger partial charge < -0.3 is 15.0 Å². The molecule has 0 aromatic heterocycles. The fraction of sp³-hybridized carbons (Fsp3) is 0.227. The lowest BCUT2D eigenvalue weighted by Gasteiger charge is -2.13. The molecule has 0 atom stereocenters. The number of rotatable bonds is 7. The third kappa shape index (κ3) is 5.20. The molecule has 6 nitrogen and oxygen atoms in total. The van der Waals surface area contributed by atoms with E-state index in [2.05, 4.69) is 21.5 Å². The molecule has 0 saturated heterocycles. The van der Waals surface area contributed by atoms with Gasteiger partial charge in [0.25, 0.3) is 5.91 Å². The zero-order valence-electron chi connectivity index (χ0n) is 16.7. The first-order valence-corrected chi connectivity index (χ1v) is 8.78. The summed E-state index contributed by atoms with van der Waals surface area (Å²) in [6.07, 6.45) is 5.44. The molecule has 0 spiro atoms. The molecule has 7 heteroatoms. The Hall–Kier alpha value is -3.66. The van der Waals surface area contributed by atoms with Crippen LogP contribution in [0, 0.1) is 25.1 Å². The van der Waals surface area contributed by atoms with Gasteiger partial charge in [0, 0.05) is 29.3 Å². The Bertz CT molecular complexity index is 1010. The van der Waals surface area contributed by atoms with Gasteiger partial charge in [0.2, 0.25) is 0 Å². The van der Waals surface area contributed by atoms with Crippen molar-refractivity contribution in [2.45, 2.75) is 20.5 Å². The first-order valence-electron chi connectivity index (χ1n) is 8.78. The predicted octanol–water partition coefficient (Wildman–Crippen LogP) is 3.15. The van der Waals surface area contributed by atoms with Crippen molar-refractivity contribution in [3.05, 3.63) is 70.0 Å². The van der Waals surface area contributed by atoms with Gasteiger partial charge in [0.05, 0.1) is 5.71 Å². The van der Waals surface area contributed by atoms with Gasteiger partial charge in [-0.05, 0) is 37.6 Å². The Kier molecular flexibility index (Phi) is 7.49. The second-order valence-corrected chi connectivity index (χ2v) is 6.09. The van der Waals surface area contributed by atoms with Crippen molar-refractivity contribution in [3.8, 4) is 12.3 Å². The van der Waals surface area contributed by atoms with Crippen molar-refractivity contribution in [3.63, 3.8) is 0 Å². The summed E-state index contributed by atoms with van der Waals surface area (Å²) in [6.45, 7) is 3.70. The second kappa shape index (κ2) is 10.0. The standard InChI is InChI=1S/C22H22FN3O3/c1-6-16-12-17(23)10-11-18(16)15(3)25-29-13-20-14(2)8-7-9-19(20)21(26-28-5)22(27)24-4/h1,7-12H,13H2,2-5H3,(H,24,27)/b25-15+,26-21+. The monoisotopic (exact) mass is 395 g/mol. The lowest BCUT2D eigenvalue weighted by Crippen LogP contribution is -2.29. The van der Waals surface area contributed by atoms with Gasteiger partial charge in [0.15, 0.2) is 5.71 Å². The molecule has 0 unspecified atom stereocenters. The van der Waals surface area contributed by atoms with E-state index in [1.807, 2.05) is 19.1 Å². The SMILES string of the molecule is C#Cc1cc(F)ccc1/C(C)=N/OCc1c(C)cccc1/C(=N\OC)C(=O)NC. The Morgan fingerprint density at radius 2 is 2.00 bits per heavy atom. The molecule has 1 N–H and O–H groups in total. The van der Waals surface area contributed by atoms with Crippen LogP contribution < -0.4 is 5.32 Å². The van der Waals surface area contributed by atoms with Crippen molar-refractivity contribution in [2.75, 3.05) is 14.2 Å². The number of benzene rings is 2. The number of halogens is 1. The highest BCUT2D eigenvalue weighted by molar-refractivity contribution is 6.45. The fourth-order valence-electron chi connectivity index (χ4n) is 2.73. The molecule has 150 valence electrons. The molecule has 0 aliphatic heterocycles. The Morgan fingerprint density at radius 3 is 2.66 bits per heavy atom. The van der Waals surface area contributed by atoms with E-state index in [1.165, 1.54) is 26.3 Å². The number of amides is 1. The number of hydrogen-bond donors (Lipinski definition) is 1. The lowest BCUT2D eigenvalue weighted by molar-refractivity contribution is -0.114. The van der Waals surface area contributed by atoms with Crippen LogP contribution in [0.2, 0.25) is 0 Å². The van der Waals surface area contributed by atoms with Gasteiger partial charge >= 0.3 is 0 Å². The van der Waals surface area contributed by atoms with E-state index in [0.29, 0.717) is 22.4 Å². The topological polar surface area (TPSA) is 72.3 Å². The maximum atomic E-state index is 13.4. The van der Waals surface area contributed by atoms with Crippen LogP contribution in [0.25, 0.3) is 0 Å².